The van der Waals surface area contributed by atoms with Gasteiger partial charge in [0.2, 0.25) is 11.9 Å². The molecule has 2 fully saturated rings. The monoisotopic (exact) mass is 801 g/mol. The summed E-state index contributed by atoms with van der Waals surface area (Å²) in [7, 11) is -16.9. The average Bonchev–Trinajstić information content (AvgIpc) is 3.74. The fourth-order valence-corrected chi connectivity index (χ4v) is 8.95. The predicted octanol–water partition coefficient (Wildman–Crippen LogP) is -6.18. The molecular formula is C21H28N10O18P3-3. The summed E-state index contributed by atoms with van der Waals surface area (Å²) in [4.78, 5) is 80.0. The second-order valence-electron chi connectivity index (χ2n) is 11.4. The first-order chi connectivity index (χ1) is 24.2. The zero-order valence-electron chi connectivity index (χ0n) is 26.0. The van der Waals surface area contributed by atoms with Crippen LogP contribution >= 0.6 is 23.5 Å². The maximum Gasteiger partial charge on any atom is 0.280 e. The fraction of sp³-hybridized carbons (Fsp3) is 0.571. The zero-order chi connectivity index (χ0) is 38.1. The Kier molecular flexibility index (Phi) is 10.2. The number of hydrogen-bond acceptors (Lipinski definition) is 25. The van der Waals surface area contributed by atoms with Crippen molar-refractivity contribution >= 4 is 58.0 Å². The molecule has 10 N–H and O–H groups in total. The van der Waals surface area contributed by atoms with E-state index < -0.39 is 96.9 Å². The molecule has 3 aromatic heterocycles. The first-order valence-electron chi connectivity index (χ1n) is 14.4. The van der Waals surface area contributed by atoms with E-state index >= 15 is 0 Å². The van der Waals surface area contributed by atoms with Crippen molar-refractivity contribution in [2.75, 3.05) is 48.2 Å². The van der Waals surface area contributed by atoms with Gasteiger partial charge in [-0.05, 0) is 0 Å². The lowest BCUT2D eigenvalue weighted by Crippen LogP contribution is -2.45. The number of ether oxygens (including phenoxy) is 2. The lowest BCUT2D eigenvalue weighted by molar-refractivity contribution is -0.252. The Hall–Kier alpha value is -3.40. The van der Waals surface area contributed by atoms with Crippen LogP contribution in [0.4, 0.5) is 23.4 Å². The highest BCUT2D eigenvalue weighted by Crippen LogP contribution is 2.63. The highest BCUT2D eigenvalue weighted by molar-refractivity contribution is 7.65. The third kappa shape index (κ3) is 7.51. The average molecular weight is 801 g/mol. The van der Waals surface area contributed by atoms with E-state index in [0.29, 0.717) is 0 Å². The maximum atomic E-state index is 12.3. The summed E-state index contributed by atoms with van der Waals surface area (Å²) in [6.45, 7) is -2.47. The molecular weight excluding hydrogens is 773 g/mol. The van der Waals surface area contributed by atoms with Crippen molar-refractivity contribution in [2.45, 2.75) is 49.1 Å². The number of aromatic amines is 2. The minimum Gasteiger partial charge on any atom is -0.756 e. The molecule has 0 aliphatic carbocycles. The molecule has 0 spiro atoms. The zero-order valence-corrected chi connectivity index (χ0v) is 28.7. The van der Waals surface area contributed by atoms with Gasteiger partial charge in [0.25, 0.3) is 34.6 Å². The van der Waals surface area contributed by atoms with E-state index in [1.54, 1.807) is 0 Å². The smallest absolute Gasteiger partial charge is 0.280 e. The molecule has 0 saturated carbocycles. The molecule has 11 atom stereocenters. The number of aromatic nitrogens is 6. The highest BCUT2D eigenvalue weighted by atomic mass is 31.3. The van der Waals surface area contributed by atoms with Crippen LogP contribution in [-0.4, -0.2) is 120 Å². The number of nitrogen functional groups attached to an aromatic ring is 2. The van der Waals surface area contributed by atoms with Crippen molar-refractivity contribution in [1.82, 2.24) is 29.5 Å². The molecule has 3 aliphatic rings. The summed E-state index contributed by atoms with van der Waals surface area (Å²) < 4.78 is 65.2. The van der Waals surface area contributed by atoms with E-state index in [2.05, 4.69) is 42.6 Å². The Labute approximate surface area is 287 Å². The number of aliphatic hydroxyl groups is 4. The lowest BCUT2D eigenvalue weighted by atomic mass is 10.1. The summed E-state index contributed by atoms with van der Waals surface area (Å²) in [6.07, 6.45) is -12.6. The quantitative estimate of drug-likeness (QED) is 0.0790. The molecule has 28 nitrogen and oxygen atoms in total. The molecule has 0 amide bonds. The normalized spacial score (nSPS) is 31.1. The van der Waals surface area contributed by atoms with Crippen molar-refractivity contribution in [3.05, 3.63) is 27.0 Å². The number of phosphoric ester groups is 2. The van der Waals surface area contributed by atoms with E-state index in [-0.39, 0.29) is 41.2 Å². The Bertz CT molecular complexity index is 2120. The van der Waals surface area contributed by atoms with Crippen LogP contribution in [0.1, 0.15) is 6.23 Å². The van der Waals surface area contributed by atoms with Gasteiger partial charge in [0.15, 0.2) is 29.4 Å². The molecule has 6 rings (SSSR count). The number of nitrogens with one attached hydrogen (secondary N) is 2. The number of H-pyrrole nitrogens is 2. The second-order valence-corrected chi connectivity index (χ2v) is 15.9. The predicted molar refractivity (Wildman–Crippen MR) is 161 cm³/mol. The summed E-state index contributed by atoms with van der Waals surface area (Å²) in [5.74, 6) is -0.642. The number of imidazole rings is 1. The maximum absolute atomic E-state index is 12.3. The fourth-order valence-electron chi connectivity index (χ4n) is 5.57. The van der Waals surface area contributed by atoms with Gasteiger partial charge in [0.1, 0.15) is 42.3 Å². The van der Waals surface area contributed by atoms with Gasteiger partial charge >= 0.3 is 0 Å². The first kappa shape index (κ1) is 38.3. The van der Waals surface area contributed by atoms with Crippen molar-refractivity contribution in [3.8, 4) is 0 Å². The number of nitrogens with zero attached hydrogens (tertiary/aromatic N) is 6. The van der Waals surface area contributed by atoms with Gasteiger partial charge in [0.05, 0.1) is 26.2 Å². The molecule has 52 heavy (non-hydrogen) atoms. The van der Waals surface area contributed by atoms with Crippen molar-refractivity contribution in [2.24, 2.45) is 0 Å². The molecule has 31 heteroatoms. The summed E-state index contributed by atoms with van der Waals surface area (Å²) in [6, 6.07) is 0. The van der Waals surface area contributed by atoms with Crippen LogP contribution in [0, 0.1) is 0 Å². The van der Waals surface area contributed by atoms with Crippen LogP contribution in [-0.2, 0) is 40.8 Å². The van der Waals surface area contributed by atoms with E-state index in [1.165, 1.54) is 16.8 Å². The van der Waals surface area contributed by atoms with Crippen LogP contribution in [0.5, 0.6) is 0 Å². The Balaban J connectivity index is 1.03. The van der Waals surface area contributed by atoms with Crippen LogP contribution < -0.4 is 47.1 Å². The molecule has 3 aliphatic heterocycles. The standard InChI is InChI=1S/C21H31N10O18P3/c1-29-5-31(15-9(29)17(37)28-21(23)26-15)19-13(35)11(33)7(47-19)3-45-51(40,41)49-52(42,43)48-50(38,39)44-2-6-10(32)12(34)18(46-6)30-4-24-8-14(30)25-20(22)27-16(8)36/h4,6-7,10-13,18-19,32-35H,2-3,5H2,1H3,(H,38,39)(H,40,41)(H,42,43)(H3,22,25,27,36)(H3,23,26,28,37)/p-3/t6-,7-,10?,11+,12?,13?,18-,19-/m1/s1. The van der Waals surface area contributed by atoms with Crippen LogP contribution in [0.3, 0.4) is 0 Å². The molecule has 3 aromatic rings. The molecule has 0 radical (unpaired) electrons. The second kappa shape index (κ2) is 13.8. The number of rotatable bonds is 12. The minimum absolute atomic E-state index is 0.0365. The van der Waals surface area contributed by atoms with E-state index in [9.17, 15) is 58.4 Å². The van der Waals surface area contributed by atoms with Gasteiger partial charge < -0.3 is 74.9 Å². The van der Waals surface area contributed by atoms with Crippen molar-refractivity contribution in [1.29, 1.82) is 0 Å². The first-order valence-corrected chi connectivity index (χ1v) is 18.8. The molecule has 6 heterocycles. The summed E-state index contributed by atoms with van der Waals surface area (Å²) in [5, 5.41) is 41.9. The summed E-state index contributed by atoms with van der Waals surface area (Å²) >= 11 is 0. The van der Waals surface area contributed by atoms with E-state index in [4.69, 9.17) is 20.9 Å². The third-order valence-electron chi connectivity index (χ3n) is 7.81. The number of anilines is 4. The summed E-state index contributed by atoms with van der Waals surface area (Å²) in [5.41, 5.74) is 9.41. The minimum atomic E-state index is -6.37. The van der Waals surface area contributed by atoms with E-state index in [1.807, 2.05) is 0 Å². The van der Waals surface area contributed by atoms with Gasteiger partial charge in [-0.3, -0.25) is 37.8 Å². The Morgan fingerprint density at radius 3 is 1.96 bits per heavy atom. The van der Waals surface area contributed by atoms with Gasteiger partial charge in [-0.25, -0.2) is 13.6 Å². The van der Waals surface area contributed by atoms with Gasteiger partial charge in [-0.1, -0.05) is 0 Å². The largest absolute Gasteiger partial charge is 0.756 e. The highest BCUT2D eigenvalue weighted by Gasteiger charge is 2.49. The number of nitrogens with two attached hydrogens (primary N) is 2. The number of fused-ring (bicyclic) bond motifs is 2. The van der Waals surface area contributed by atoms with Gasteiger partial charge in [0, 0.05) is 7.05 Å². The SMILES string of the molecule is CN1CN([C@@H]2O[C@H](COP(=O)([O-])OP(=O)([O-])OP(=O)([O-])OC[C@H]3O[C@@H](n4cnc5c(=O)[nH]c(N)nc54)C(O)C3O)[C@H](O)C2O)c2nc(N)[nH]c(=O)c21. The number of aliphatic hydroxyl groups excluding tert-OH is 4. The number of phosphoric acid groups is 3. The van der Waals surface area contributed by atoms with Crippen molar-refractivity contribution in [3.63, 3.8) is 0 Å². The Morgan fingerprint density at radius 1 is 0.846 bits per heavy atom. The number of hydrogen-bond donors (Lipinski definition) is 8. The van der Waals surface area contributed by atoms with E-state index in [0.717, 1.165) is 10.9 Å². The topological polar surface area (TPSA) is 425 Å². The van der Waals surface area contributed by atoms with Crippen LogP contribution in [0.15, 0.2) is 15.9 Å². The molecule has 0 aromatic carbocycles. The Morgan fingerprint density at radius 2 is 1.37 bits per heavy atom. The molecule has 2 saturated heterocycles. The van der Waals surface area contributed by atoms with Gasteiger partial charge in [-0.15, -0.1) is 0 Å². The lowest BCUT2D eigenvalue weighted by Gasteiger charge is -2.34. The molecule has 0 bridgehead atoms. The van der Waals surface area contributed by atoms with Crippen LogP contribution in [0.2, 0.25) is 0 Å². The van der Waals surface area contributed by atoms with Gasteiger partial charge in [-0.2, -0.15) is 9.97 Å². The van der Waals surface area contributed by atoms with Crippen molar-refractivity contribution < 1.29 is 75.9 Å². The molecule has 6 unspecified atom stereocenters. The molecule has 288 valence electrons. The van der Waals surface area contributed by atoms with Crippen LogP contribution in [0.25, 0.3) is 11.2 Å². The third-order valence-corrected chi connectivity index (χ3v) is 11.9.